The summed E-state index contributed by atoms with van der Waals surface area (Å²) in [4.78, 5) is 22.6. The van der Waals surface area contributed by atoms with Crippen molar-refractivity contribution in [2.45, 2.75) is 12.8 Å². The van der Waals surface area contributed by atoms with Crippen molar-refractivity contribution in [2.75, 3.05) is 16.8 Å². The van der Waals surface area contributed by atoms with E-state index in [0.717, 1.165) is 37.2 Å². The van der Waals surface area contributed by atoms with Crippen LogP contribution in [0.1, 0.15) is 22.5 Å². The van der Waals surface area contributed by atoms with E-state index in [-0.39, 0.29) is 5.69 Å². The second-order valence-corrected chi connectivity index (χ2v) is 6.32. The largest absolute Gasteiger partial charge is 0.325 e. The summed E-state index contributed by atoms with van der Waals surface area (Å²) < 4.78 is 40.0. The normalized spacial score (nSPS) is 13.2. The minimum Gasteiger partial charge on any atom is -0.325 e. The van der Waals surface area contributed by atoms with Crippen LogP contribution >= 0.6 is 0 Å². The lowest BCUT2D eigenvalue weighted by Gasteiger charge is -2.30. The summed E-state index contributed by atoms with van der Waals surface area (Å²) in [6.07, 6.45) is 4.68. The van der Waals surface area contributed by atoms with Gasteiger partial charge in [-0.2, -0.15) is 0 Å². The molecule has 8 heteroatoms. The first-order chi connectivity index (χ1) is 13.5. The van der Waals surface area contributed by atoms with Gasteiger partial charge in [-0.1, -0.05) is 18.2 Å². The predicted octanol–water partition coefficient (Wildman–Crippen LogP) is 4.23. The lowest BCUT2D eigenvalue weighted by atomic mass is 10.0. The molecule has 142 valence electrons. The Balaban J connectivity index is 1.54. The Labute approximate surface area is 158 Å². The number of anilines is 3. The Morgan fingerprint density at radius 1 is 1.00 bits per heavy atom. The van der Waals surface area contributed by atoms with E-state index in [1.807, 2.05) is 23.1 Å². The van der Waals surface area contributed by atoms with Crippen molar-refractivity contribution >= 4 is 23.1 Å². The maximum Gasteiger partial charge on any atom is 0.275 e. The van der Waals surface area contributed by atoms with Crippen LogP contribution in [0.5, 0.6) is 0 Å². The number of carbonyl (C=O) groups excluding carboxylic acids is 1. The monoisotopic (exact) mass is 384 g/mol. The van der Waals surface area contributed by atoms with Gasteiger partial charge >= 0.3 is 0 Å². The zero-order chi connectivity index (χ0) is 19.7. The number of fused-ring (bicyclic) bond motifs is 1. The summed E-state index contributed by atoms with van der Waals surface area (Å²) in [5.41, 5.74) is 1.72. The summed E-state index contributed by atoms with van der Waals surface area (Å²) in [5.74, 6) is -4.64. The van der Waals surface area contributed by atoms with Gasteiger partial charge in [-0.15, -0.1) is 0 Å². The molecule has 0 atom stereocenters. The van der Waals surface area contributed by atoms with Gasteiger partial charge in [-0.05, 0) is 36.6 Å². The van der Waals surface area contributed by atoms with Crippen molar-refractivity contribution < 1.29 is 18.0 Å². The quantitative estimate of drug-likeness (QED) is 0.687. The Morgan fingerprint density at radius 2 is 1.82 bits per heavy atom. The standard InChI is InChI=1S/C20H15F3N4O/c21-13-7-8-14(19(23)18(13)22)26-20(28)15-10-25-17(11-24-15)27-9-3-5-12-4-1-2-6-16(12)27/h1-2,4,6-8,10-11H,3,5,9H2,(H,26,28). The molecule has 0 fully saturated rings. The number of aromatic nitrogens is 2. The smallest absolute Gasteiger partial charge is 0.275 e. The lowest BCUT2D eigenvalue weighted by molar-refractivity contribution is 0.102. The molecule has 5 nitrogen and oxygen atoms in total. The number of amides is 1. The van der Waals surface area contributed by atoms with E-state index >= 15 is 0 Å². The fourth-order valence-electron chi connectivity index (χ4n) is 3.16. The second-order valence-electron chi connectivity index (χ2n) is 6.32. The maximum atomic E-state index is 13.7. The molecule has 3 aromatic rings. The molecular formula is C20H15F3N4O. The van der Waals surface area contributed by atoms with Gasteiger partial charge < -0.3 is 10.2 Å². The number of benzene rings is 2. The van der Waals surface area contributed by atoms with Gasteiger partial charge in [0.2, 0.25) is 0 Å². The molecule has 0 saturated carbocycles. The predicted molar refractivity (Wildman–Crippen MR) is 98.1 cm³/mol. The Morgan fingerprint density at radius 3 is 2.61 bits per heavy atom. The van der Waals surface area contributed by atoms with Gasteiger partial charge in [0.05, 0.1) is 18.1 Å². The molecule has 1 N–H and O–H groups in total. The summed E-state index contributed by atoms with van der Waals surface area (Å²) in [5, 5.41) is 2.17. The fourth-order valence-corrected chi connectivity index (χ4v) is 3.16. The van der Waals surface area contributed by atoms with E-state index in [1.54, 1.807) is 0 Å². The third kappa shape index (κ3) is 3.28. The first kappa shape index (κ1) is 18.0. The van der Waals surface area contributed by atoms with E-state index in [4.69, 9.17) is 0 Å². The van der Waals surface area contributed by atoms with E-state index in [9.17, 15) is 18.0 Å². The van der Waals surface area contributed by atoms with Gasteiger partial charge in [-0.3, -0.25) is 4.79 Å². The minimum absolute atomic E-state index is 0.0711. The Bertz CT molecular complexity index is 1040. The molecule has 0 bridgehead atoms. The first-order valence-electron chi connectivity index (χ1n) is 8.67. The molecule has 28 heavy (non-hydrogen) atoms. The molecular weight excluding hydrogens is 369 g/mol. The molecule has 1 aliphatic rings. The third-order valence-corrected chi connectivity index (χ3v) is 4.54. The van der Waals surface area contributed by atoms with Gasteiger partial charge in [0, 0.05) is 12.2 Å². The number of hydrogen-bond acceptors (Lipinski definition) is 4. The van der Waals surface area contributed by atoms with E-state index in [0.29, 0.717) is 5.82 Å². The van der Waals surface area contributed by atoms with Gasteiger partial charge in [0.25, 0.3) is 5.91 Å². The zero-order valence-corrected chi connectivity index (χ0v) is 14.6. The molecule has 0 spiro atoms. The number of carbonyl (C=O) groups is 1. The van der Waals surface area contributed by atoms with Crippen molar-refractivity contribution in [3.05, 3.63) is 77.5 Å². The average Bonchev–Trinajstić information content (AvgIpc) is 2.74. The van der Waals surface area contributed by atoms with Crippen molar-refractivity contribution in [3.63, 3.8) is 0 Å². The van der Waals surface area contributed by atoms with Crippen LogP contribution in [-0.2, 0) is 6.42 Å². The van der Waals surface area contributed by atoms with Gasteiger partial charge in [0.15, 0.2) is 23.3 Å². The highest BCUT2D eigenvalue weighted by Gasteiger charge is 2.20. The molecule has 1 aliphatic heterocycles. The summed E-state index contributed by atoms with van der Waals surface area (Å²) in [6, 6.07) is 9.67. The highest BCUT2D eigenvalue weighted by atomic mass is 19.2. The Kier molecular flexibility index (Phi) is 4.68. The third-order valence-electron chi connectivity index (χ3n) is 4.54. The topological polar surface area (TPSA) is 58.1 Å². The number of halogens is 3. The highest BCUT2D eigenvalue weighted by Crippen LogP contribution is 2.31. The second kappa shape index (κ2) is 7.30. The fraction of sp³-hybridized carbons (Fsp3) is 0.150. The molecule has 0 radical (unpaired) electrons. The van der Waals surface area contributed by atoms with Crippen LogP contribution in [0.3, 0.4) is 0 Å². The summed E-state index contributed by atoms with van der Waals surface area (Å²) in [6.45, 7) is 0.775. The van der Waals surface area contributed by atoms with Crippen LogP contribution < -0.4 is 10.2 Å². The zero-order valence-electron chi connectivity index (χ0n) is 14.6. The van der Waals surface area contributed by atoms with Gasteiger partial charge in [0.1, 0.15) is 5.69 Å². The molecule has 0 aliphatic carbocycles. The molecule has 2 aromatic carbocycles. The molecule has 2 heterocycles. The van der Waals surface area contributed by atoms with E-state index in [2.05, 4.69) is 21.4 Å². The maximum absolute atomic E-state index is 13.7. The highest BCUT2D eigenvalue weighted by molar-refractivity contribution is 6.02. The first-order valence-corrected chi connectivity index (χ1v) is 8.67. The van der Waals surface area contributed by atoms with Crippen LogP contribution in [0, 0.1) is 17.5 Å². The molecule has 0 saturated heterocycles. The number of aryl methyl sites for hydroxylation is 1. The van der Waals surface area contributed by atoms with E-state index < -0.39 is 29.0 Å². The number of nitrogens with one attached hydrogen (secondary N) is 1. The molecule has 4 rings (SSSR count). The van der Waals surface area contributed by atoms with Crippen LogP contribution in [0.4, 0.5) is 30.4 Å². The molecule has 1 amide bonds. The minimum atomic E-state index is -1.65. The number of para-hydroxylation sites is 1. The molecule has 0 unspecified atom stereocenters. The van der Waals surface area contributed by atoms with Crippen molar-refractivity contribution in [1.29, 1.82) is 0 Å². The van der Waals surface area contributed by atoms with Crippen molar-refractivity contribution in [3.8, 4) is 0 Å². The average molecular weight is 384 g/mol. The SMILES string of the molecule is O=C(Nc1ccc(F)c(F)c1F)c1cnc(N2CCCc3ccccc32)cn1. The number of hydrogen-bond donors (Lipinski definition) is 1. The van der Waals surface area contributed by atoms with Crippen LogP contribution in [-0.4, -0.2) is 22.4 Å². The lowest BCUT2D eigenvalue weighted by Crippen LogP contribution is -2.25. The number of nitrogens with zero attached hydrogens (tertiary/aromatic N) is 3. The van der Waals surface area contributed by atoms with Gasteiger partial charge in [-0.25, -0.2) is 23.1 Å². The van der Waals surface area contributed by atoms with E-state index in [1.165, 1.54) is 18.0 Å². The van der Waals surface area contributed by atoms with Crippen molar-refractivity contribution in [2.24, 2.45) is 0 Å². The Hall–Kier alpha value is -3.42. The molecule has 1 aromatic heterocycles. The summed E-state index contributed by atoms with van der Waals surface area (Å²) in [7, 11) is 0. The van der Waals surface area contributed by atoms with Crippen LogP contribution in [0.15, 0.2) is 48.8 Å². The van der Waals surface area contributed by atoms with Crippen molar-refractivity contribution in [1.82, 2.24) is 9.97 Å². The number of rotatable bonds is 3. The van der Waals surface area contributed by atoms with Crippen LogP contribution in [0.2, 0.25) is 0 Å². The summed E-state index contributed by atoms with van der Waals surface area (Å²) >= 11 is 0. The van der Waals surface area contributed by atoms with Crippen LogP contribution in [0.25, 0.3) is 0 Å².